The Labute approximate surface area is 125 Å². The van der Waals surface area contributed by atoms with Gasteiger partial charge in [-0.05, 0) is 0 Å². The number of nitrogens with one attached hydrogen (secondary N) is 1. The summed E-state index contributed by atoms with van der Waals surface area (Å²) in [7, 11) is -3.35. The first-order valence-corrected chi connectivity index (χ1v) is 8.79. The quantitative estimate of drug-likeness (QED) is 0.587. The number of rotatable bonds is 5. The zero-order chi connectivity index (χ0) is 15.3. The summed E-state index contributed by atoms with van der Waals surface area (Å²) in [5, 5.41) is 3.10. The standard InChI is InChI=1S/C12H22N4O4S/c17-11-14-6-8-15(9-7-14)12(18)1-10-21(19,20)16-4-2-13-3-5-16/h11,13H,1-10H2. The van der Waals surface area contributed by atoms with E-state index in [0.29, 0.717) is 52.4 Å². The van der Waals surface area contributed by atoms with E-state index in [4.69, 9.17) is 0 Å². The highest BCUT2D eigenvalue weighted by Gasteiger charge is 2.26. The van der Waals surface area contributed by atoms with Crippen molar-refractivity contribution < 1.29 is 18.0 Å². The van der Waals surface area contributed by atoms with Crippen molar-refractivity contribution in [1.29, 1.82) is 0 Å². The minimum Gasteiger partial charge on any atom is -0.342 e. The highest BCUT2D eigenvalue weighted by molar-refractivity contribution is 7.89. The first kappa shape index (κ1) is 16.2. The normalized spacial score (nSPS) is 21.3. The molecule has 2 aliphatic rings. The van der Waals surface area contributed by atoms with Crippen molar-refractivity contribution in [2.45, 2.75) is 6.42 Å². The molecule has 0 aromatic heterocycles. The molecule has 0 radical (unpaired) electrons. The third kappa shape index (κ3) is 4.39. The Morgan fingerprint density at radius 1 is 1.05 bits per heavy atom. The molecule has 2 fully saturated rings. The predicted octanol–water partition coefficient (Wildman–Crippen LogP) is -2.09. The fourth-order valence-electron chi connectivity index (χ4n) is 2.50. The van der Waals surface area contributed by atoms with E-state index in [9.17, 15) is 18.0 Å². The van der Waals surface area contributed by atoms with Crippen molar-refractivity contribution in [1.82, 2.24) is 19.4 Å². The minimum absolute atomic E-state index is 0.00729. The molecule has 120 valence electrons. The van der Waals surface area contributed by atoms with E-state index in [1.54, 1.807) is 9.80 Å². The van der Waals surface area contributed by atoms with E-state index in [2.05, 4.69) is 5.32 Å². The number of carbonyl (C=O) groups is 2. The number of amides is 2. The van der Waals surface area contributed by atoms with Crippen molar-refractivity contribution in [2.75, 3.05) is 58.1 Å². The molecule has 21 heavy (non-hydrogen) atoms. The van der Waals surface area contributed by atoms with Gasteiger partial charge in [-0.2, -0.15) is 4.31 Å². The highest BCUT2D eigenvalue weighted by atomic mass is 32.2. The van der Waals surface area contributed by atoms with Crippen molar-refractivity contribution in [3.63, 3.8) is 0 Å². The summed E-state index contributed by atoms with van der Waals surface area (Å²) in [6.07, 6.45) is 0.782. The first-order chi connectivity index (χ1) is 10.0. The summed E-state index contributed by atoms with van der Waals surface area (Å²) in [6.45, 7) is 4.22. The van der Waals surface area contributed by atoms with Gasteiger partial charge in [0.15, 0.2) is 0 Å². The molecule has 0 bridgehead atoms. The van der Waals surface area contributed by atoms with Gasteiger partial charge >= 0.3 is 0 Å². The molecule has 0 unspecified atom stereocenters. The van der Waals surface area contributed by atoms with Crippen LogP contribution in [-0.4, -0.2) is 93.0 Å². The van der Waals surface area contributed by atoms with Gasteiger partial charge in [0.2, 0.25) is 22.3 Å². The molecule has 2 aliphatic heterocycles. The molecule has 0 aromatic rings. The molecular formula is C12H22N4O4S. The summed E-state index contributed by atoms with van der Waals surface area (Å²) in [4.78, 5) is 25.9. The van der Waals surface area contributed by atoms with Gasteiger partial charge in [0.25, 0.3) is 0 Å². The number of nitrogens with zero attached hydrogens (tertiary/aromatic N) is 3. The monoisotopic (exact) mass is 318 g/mol. The molecule has 0 aromatic carbocycles. The smallest absolute Gasteiger partial charge is 0.223 e. The molecule has 2 amide bonds. The molecule has 8 nitrogen and oxygen atoms in total. The third-order valence-electron chi connectivity index (χ3n) is 3.86. The van der Waals surface area contributed by atoms with Gasteiger partial charge in [-0.3, -0.25) is 9.59 Å². The summed E-state index contributed by atoms with van der Waals surface area (Å²) in [5.74, 6) is -0.293. The van der Waals surface area contributed by atoms with Crippen LogP contribution in [0.4, 0.5) is 0 Å². The number of hydrogen-bond acceptors (Lipinski definition) is 5. The predicted molar refractivity (Wildman–Crippen MR) is 77.1 cm³/mol. The second-order valence-corrected chi connectivity index (χ2v) is 7.33. The molecule has 0 saturated carbocycles. The summed E-state index contributed by atoms with van der Waals surface area (Å²) in [5.41, 5.74) is 0. The second-order valence-electron chi connectivity index (χ2n) is 5.24. The molecule has 9 heteroatoms. The zero-order valence-electron chi connectivity index (χ0n) is 12.0. The maximum Gasteiger partial charge on any atom is 0.223 e. The van der Waals surface area contributed by atoms with Crippen LogP contribution >= 0.6 is 0 Å². The van der Waals surface area contributed by atoms with Gasteiger partial charge in [0, 0.05) is 58.8 Å². The Kier molecular flexibility index (Phi) is 5.54. The third-order valence-corrected chi connectivity index (χ3v) is 5.73. The summed E-state index contributed by atoms with van der Waals surface area (Å²) in [6, 6.07) is 0. The van der Waals surface area contributed by atoms with E-state index in [1.165, 1.54) is 4.31 Å². The SMILES string of the molecule is O=CN1CCN(C(=O)CCS(=O)(=O)N2CCNCC2)CC1. The lowest BCUT2D eigenvalue weighted by Gasteiger charge is -2.33. The Morgan fingerprint density at radius 3 is 2.24 bits per heavy atom. The number of sulfonamides is 1. The van der Waals surface area contributed by atoms with E-state index in [-0.39, 0.29) is 18.1 Å². The van der Waals surface area contributed by atoms with Crippen LogP contribution in [0.3, 0.4) is 0 Å². The van der Waals surface area contributed by atoms with E-state index < -0.39 is 10.0 Å². The fraction of sp³-hybridized carbons (Fsp3) is 0.833. The lowest BCUT2D eigenvalue weighted by molar-refractivity contribution is -0.134. The van der Waals surface area contributed by atoms with E-state index >= 15 is 0 Å². The topological polar surface area (TPSA) is 90.0 Å². The Morgan fingerprint density at radius 2 is 1.67 bits per heavy atom. The molecule has 2 rings (SSSR count). The van der Waals surface area contributed by atoms with Gasteiger partial charge in [-0.15, -0.1) is 0 Å². The van der Waals surface area contributed by atoms with Crippen molar-refractivity contribution >= 4 is 22.3 Å². The lowest BCUT2D eigenvalue weighted by atomic mass is 10.3. The molecular weight excluding hydrogens is 296 g/mol. The summed E-state index contributed by atoms with van der Waals surface area (Å²) < 4.78 is 25.7. The van der Waals surface area contributed by atoms with Crippen LogP contribution in [0.1, 0.15) is 6.42 Å². The van der Waals surface area contributed by atoms with E-state index in [0.717, 1.165) is 6.41 Å². The largest absolute Gasteiger partial charge is 0.342 e. The van der Waals surface area contributed by atoms with Crippen molar-refractivity contribution in [3.8, 4) is 0 Å². The lowest BCUT2D eigenvalue weighted by Crippen LogP contribution is -2.49. The molecule has 2 heterocycles. The fourth-order valence-corrected chi connectivity index (χ4v) is 3.93. The first-order valence-electron chi connectivity index (χ1n) is 7.18. The van der Waals surface area contributed by atoms with Gasteiger partial charge in [0.1, 0.15) is 0 Å². The maximum atomic E-state index is 12.1. The van der Waals surface area contributed by atoms with Crippen LogP contribution in [0, 0.1) is 0 Å². The van der Waals surface area contributed by atoms with Gasteiger partial charge in [-0.1, -0.05) is 0 Å². The van der Waals surface area contributed by atoms with Crippen LogP contribution in [-0.2, 0) is 19.6 Å². The van der Waals surface area contributed by atoms with Crippen LogP contribution in [0.5, 0.6) is 0 Å². The van der Waals surface area contributed by atoms with E-state index in [1.807, 2.05) is 0 Å². The van der Waals surface area contributed by atoms with Gasteiger partial charge in [0.05, 0.1) is 5.75 Å². The van der Waals surface area contributed by atoms with Crippen molar-refractivity contribution in [2.24, 2.45) is 0 Å². The van der Waals surface area contributed by atoms with Crippen LogP contribution in [0.2, 0.25) is 0 Å². The Hall–Kier alpha value is -1.19. The van der Waals surface area contributed by atoms with Crippen molar-refractivity contribution in [3.05, 3.63) is 0 Å². The van der Waals surface area contributed by atoms with Gasteiger partial charge < -0.3 is 15.1 Å². The Bertz CT molecular complexity index is 468. The van der Waals surface area contributed by atoms with Crippen LogP contribution in [0.25, 0.3) is 0 Å². The summed E-state index contributed by atoms with van der Waals surface area (Å²) >= 11 is 0. The minimum atomic E-state index is -3.35. The average molecular weight is 318 g/mol. The number of hydrogen-bond donors (Lipinski definition) is 1. The number of piperazine rings is 2. The van der Waals surface area contributed by atoms with Gasteiger partial charge in [-0.25, -0.2) is 8.42 Å². The molecule has 1 N–H and O–H groups in total. The maximum absolute atomic E-state index is 12.1. The molecule has 0 atom stereocenters. The number of carbonyl (C=O) groups excluding carboxylic acids is 2. The van der Waals surface area contributed by atoms with Crippen LogP contribution in [0.15, 0.2) is 0 Å². The molecule has 0 spiro atoms. The molecule has 2 saturated heterocycles. The highest BCUT2D eigenvalue weighted by Crippen LogP contribution is 2.08. The second kappa shape index (κ2) is 7.19. The zero-order valence-corrected chi connectivity index (χ0v) is 12.8. The Balaban J connectivity index is 1.79. The molecule has 0 aliphatic carbocycles. The van der Waals surface area contributed by atoms with Crippen LogP contribution < -0.4 is 5.32 Å². The average Bonchev–Trinajstić information content (AvgIpc) is 2.53.